The third-order valence-electron chi connectivity index (χ3n) is 1.91. The van der Waals surface area contributed by atoms with Crippen molar-refractivity contribution < 1.29 is 4.39 Å². The number of hydrogen-bond acceptors (Lipinski definition) is 4. The van der Waals surface area contributed by atoms with Crippen molar-refractivity contribution in [1.29, 1.82) is 0 Å². The first-order valence-electron chi connectivity index (χ1n) is 4.54. The van der Waals surface area contributed by atoms with Crippen LogP contribution in [0.15, 0.2) is 40.9 Å². The second-order valence-corrected chi connectivity index (χ2v) is 3.70. The number of rotatable bonds is 3. The molecule has 0 N–H and O–H groups in total. The van der Waals surface area contributed by atoms with Crippen LogP contribution in [0.5, 0.6) is 0 Å². The number of aromatic nitrogens is 3. The Balaban J connectivity index is 2.25. The van der Waals surface area contributed by atoms with Gasteiger partial charge in [0.2, 0.25) is 5.16 Å². The van der Waals surface area contributed by atoms with E-state index < -0.39 is 0 Å². The van der Waals surface area contributed by atoms with Gasteiger partial charge in [-0.2, -0.15) is 9.78 Å². The van der Waals surface area contributed by atoms with Gasteiger partial charge in [-0.1, -0.05) is 30.0 Å². The van der Waals surface area contributed by atoms with Crippen LogP contribution >= 0.6 is 11.8 Å². The topological polar surface area (TPSA) is 43.1 Å². The maximum Gasteiger partial charge on any atom is 0.211 e. The number of benzene rings is 1. The fourth-order valence-corrected chi connectivity index (χ4v) is 1.55. The van der Waals surface area contributed by atoms with Gasteiger partial charge < -0.3 is 0 Å². The van der Waals surface area contributed by atoms with Gasteiger partial charge in [0.05, 0.1) is 6.21 Å². The Labute approximate surface area is 96.2 Å². The van der Waals surface area contributed by atoms with Crippen LogP contribution in [0.1, 0.15) is 5.56 Å². The second kappa shape index (κ2) is 4.89. The standard InChI is InChI=1S/C10H9FN4S/c1-16-10-14-12-7-15(10)13-6-8-4-2-3-5-9(8)11/h2-7H,1H3/b13-6-. The van der Waals surface area contributed by atoms with E-state index in [0.29, 0.717) is 10.7 Å². The molecule has 0 unspecified atom stereocenters. The van der Waals surface area contributed by atoms with E-state index in [-0.39, 0.29) is 5.82 Å². The number of thioether (sulfide) groups is 1. The highest BCUT2D eigenvalue weighted by Gasteiger charge is 2.00. The summed E-state index contributed by atoms with van der Waals surface area (Å²) in [6.07, 6.45) is 4.79. The zero-order valence-corrected chi connectivity index (χ0v) is 9.36. The predicted octanol–water partition coefficient (Wildman–Crippen LogP) is 2.02. The van der Waals surface area contributed by atoms with E-state index in [1.54, 1.807) is 18.2 Å². The Morgan fingerprint density at radius 2 is 2.25 bits per heavy atom. The Bertz CT molecular complexity index is 509. The minimum atomic E-state index is -0.301. The third kappa shape index (κ3) is 2.27. The minimum absolute atomic E-state index is 0.301. The summed E-state index contributed by atoms with van der Waals surface area (Å²) < 4.78 is 14.8. The van der Waals surface area contributed by atoms with Crippen LogP contribution < -0.4 is 0 Å². The zero-order valence-electron chi connectivity index (χ0n) is 8.54. The maximum absolute atomic E-state index is 13.3. The van der Waals surface area contributed by atoms with E-state index in [0.717, 1.165) is 0 Å². The fourth-order valence-electron chi connectivity index (χ4n) is 1.14. The molecule has 0 saturated carbocycles. The smallest absolute Gasteiger partial charge is 0.206 e. The summed E-state index contributed by atoms with van der Waals surface area (Å²) in [6.45, 7) is 0. The molecule has 0 spiro atoms. The van der Waals surface area contributed by atoms with Crippen LogP contribution in [0.25, 0.3) is 0 Å². The van der Waals surface area contributed by atoms with Crippen molar-refractivity contribution in [3.8, 4) is 0 Å². The van der Waals surface area contributed by atoms with E-state index in [2.05, 4.69) is 15.3 Å². The molecule has 0 aliphatic rings. The maximum atomic E-state index is 13.3. The van der Waals surface area contributed by atoms with Gasteiger partial charge in [-0.15, -0.1) is 10.2 Å². The van der Waals surface area contributed by atoms with Crippen molar-refractivity contribution in [2.24, 2.45) is 5.10 Å². The molecule has 0 bridgehead atoms. The van der Waals surface area contributed by atoms with Crippen LogP contribution in [-0.2, 0) is 0 Å². The normalized spacial score (nSPS) is 11.1. The summed E-state index contributed by atoms with van der Waals surface area (Å²) in [5.74, 6) is -0.301. The van der Waals surface area contributed by atoms with Gasteiger partial charge in [-0.3, -0.25) is 0 Å². The van der Waals surface area contributed by atoms with Gasteiger partial charge in [-0.25, -0.2) is 4.39 Å². The zero-order chi connectivity index (χ0) is 11.4. The SMILES string of the molecule is CSc1nncn1/N=C\c1ccccc1F. The number of nitrogens with zero attached hydrogens (tertiary/aromatic N) is 4. The molecule has 82 valence electrons. The molecule has 0 radical (unpaired) electrons. The van der Waals surface area contributed by atoms with Crippen LogP contribution in [0, 0.1) is 5.82 Å². The van der Waals surface area contributed by atoms with Gasteiger partial charge >= 0.3 is 0 Å². The van der Waals surface area contributed by atoms with Gasteiger partial charge in [0.1, 0.15) is 12.1 Å². The molecule has 0 saturated heterocycles. The summed E-state index contributed by atoms with van der Waals surface area (Å²) in [6, 6.07) is 6.44. The Hall–Kier alpha value is -1.69. The molecule has 16 heavy (non-hydrogen) atoms. The highest BCUT2D eigenvalue weighted by atomic mass is 32.2. The Kier molecular flexibility index (Phi) is 3.31. The molecule has 4 nitrogen and oxygen atoms in total. The molecule has 2 rings (SSSR count). The summed E-state index contributed by atoms with van der Waals surface area (Å²) >= 11 is 1.42. The average Bonchev–Trinajstić information content (AvgIpc) is 2.75. The van der Waals surface area contributed by atoms with E-state index in [1.807, 2.05) is 6.26 Å². The molecule has 2 aromatic rings. The minimum Gasteiger partial charge on any atom is -0.206 e. The molecular formula is C10H9FN4S. The van der Waals surface area contributed by atoms with Gasteiger partial charge in [0.25, 0.3) is 0 Å². The largest absolute Gasteiger partial charge is 0.211 e. The van der Waals surface area contributed by atoms with Gasteiger partial charge in [0, 0.05) is 5.56 Å². The Morgan fingerprint density at radius 1 is 1.44 bits per heavy atom. The van der Waals surface area contributed by atoms with Crippen molar-refractivity contribution in [2.75, 3.05) is 6.26 Å². The molecule has 1 aromatic heterocycles. The second-order valence-electron chi connectivity index (χ2n) is 2.93. The van der Waals surface area contributed by atoms with Crippen molar-refractivity contribution in [2.45, 2.75) is 5.16 Å². The number of hydrogen-bond donors (Lipinski definition) is 0. The molecule has 0 fully saturated rings. The average molecular weight is 236 g/mol. The predicted molar refractivity (Wildman–Crippen MR) is 61.2 cm³/mol. The van der Waals surface area contributed by atoms with E-state index in [9.17, 15) is 4.39 Å². The van der Waals surface area contributed by atoms with Crippen molar-refractivity contribution in [3.05, 3.63) is 42.0 Å². The molecule has 0 amide bonds. The van der Waals surface area contributed by atoms with Gasteiger partial charge in [-0.05, 0) is 12.3 Å². The lowest BCUT2D eigenvalue weighted by Crippen LogP contribution is -1.93. The quantitative estimate of drug-likeness (QED) is 0.605. The van der Waals surface area contributed by atoms with Crippen LogP contribution in [-0.4, -0.2) is 27.3 Å². The number of halogens is 1. The van der Waals surface area contributed by atoms with Crippen LogP contribution in [0.3, 0.4) is 0 Å². The lowest BCUT2D eigenvalue weighted by Gasteiger charge is -1.96. The first kappa shape index (κ1) is 10.8. The van der Waals surface area contributed by atoms with E-state index >= 15 is 0 Å². The van der Waals surface area contributed by atoms with E-state index in [4.69, 9.17) is 0 Å². The lowest BCUT2D eigenvalue weighted by molar-refractivity contribution is 0.625. The molecule has 1 aromatic carbocycles. The molecule has 0 aliphatic carbocycles. The molecular weight excluding hydrogens is 227 g/mol. The van der Waals surface area contributed by atoms with Crippen molar-refractivity contribution >= 4 is 18.0 Å². The summed E-state index contributed by atoms with van der Waals surface area (Å²) in [5.41, 5.74) is 0.434. The third-order valence-corrected chi connectivity index (χ3v) is 2.54. The molecule has 0 aliphatic heterocycles. The first-order chi connectivity index (χ1) is 7.81. The van der Waals surface area contributed by atoms with Crippen LogP contribution in [0.2, 0.25) is 0 Å². The lowest BCUT2D eigenvalue weighted by atomic mass is 10.2. The first-order valence-corrected chi connectivity index (χ1v) is 5.76. The van der Waals surface area contributed by atoms with E-state index in [1.165, 1.54) is 35.0 Å². The van der Waals surface area contributed by atoms with Crippen LogP contribution in [0.4, 0.5) is 4.39 Å². The summed E-state index contributed by atoms with van der Waals surface area (Å²) in [5, 5.41) is 12.3. The molecule has 0 atom stereocenters. The summed E-state index contributed by atoms with van der Waals surface area (Å²) in [4.78, 5) is 0. The molecule has 6 heteroatoms. The highest BCUT2D eigenvalue weighted by Crippen LogP contribution is 2.10. The van der Waals surface area contributed by atoms with Gasteiger partial charge in [0.15, 0.2) is 0 Å². The highest BCUT2D eigenvalue weighted by molar-refractivity contribution is 7.98. The molecule has 1 heterocycles. The van der Waals surface area contributed by atoms with Crippen molar-refractivity contribution in [1.82, 2.24) is 14.9 Å². The fraction of sp³-hybridized carbons (Fsp3) is 0.100. The Morgan fingerprint density at radius 3 is 3.00 bits per heavy atom. The monoisotopic (exact) mass is 236 g/mol. The van der Waals surface area contributed by atoms with Crippen molar-refractivity contribution in [3.63, 3.8) is 0 Å². The summed E-state index contributed by atoms with van der Waals surface area (Å²) in [7, 11) is 0.